The summed E-state index contributed by atoms with van der Waals surface area (Å²) in [6.07, 6.45) is -4.24. The van der Waals surface area contributed by atoms with E-state index in [1.54, 1.807) is 37.3 Å². The first-order valence-corrected chi connectivity index (χ1v) is 11.6. The molecule has 0 bridgehead atoms. The predicted octanol–water partition coefficient (Wildman–Crippen LogP) is 0.386. The lowest BCUT2D eigenvalue weighted by Crippen LogP contribution is -2.66. The number of carbonyl (C=O) groups excluding carboxylic acids is 3. The van der Waals surface area contributed by atoms with E-state index >= 15 is 0 Å². The van der Waals surface area contributed by atoms with E-state index in [1.165, 1.54) is 6.92 Å². The minimum atomic E-state index is -4.08. The Morgan fingerprint density at radius 3 is 2.25 bits per heavy atom. The zero-order chi connectivity index (χ0) is 23.9. The Labute approximate surface area is 186 Å². The number of hydrogen-bond donors (Lipinski definition) is 1. The van der Waals surface area contributed by atoms with Crippen molar-refractivity contribution in [3.8, 4) is 0 Å². The van der Waals surface area contributed by atoms with Crippen LogP contribution >= 0.6 is 0 Å². The van der Waals surface area contributed by atoms with Crippen LogP contribution in [0.15, 0.2) is 30.3 Å². The van der Waals surface area contributed by atoms with E-state index in [-0.39, 0.29) is 13.2 Å². The van der Waals surface area contributed by atoms with Crippen molar-refractivity contribution in [1.82, 2.24) is 5.32 Å². The average Bonchev–Trinajstić information content (AvgIpc) is 2.70. The quantitative estimate of drug-likeness (QED) is 0.395. The van der Waals surface area contributed by atoms with Gasteiger partial charge in [-0.3, -0.25) is 18.6 Å². The van der Waals surface area contributed by atoms with Gasteiger partial charge in [0.25, 0.3) is 16.0 Å². The van der Waals surface area contributed by atoms with Crippen molar-refractivity contribution in [3.05, 3.63) is 35.9 Å². The second kappa shape index (κ2) is 11.4. The summed E-state index contributed by atoms with van der Waals surface area (Å²) in [6.45, 7) is 3.75. The molecule has 1 amide bonds. The van der Waals surface area contributed by atoms with Gasteiger partial charge < -0.3 is 24.3 Å². The van der Waals surface area contributed by atoms with Gasteiger partial charge >= 0.3 is 11.9 Å². The molecule has 0 aliphatic carbocycles. The molecule has 0 radical (unpaired) electrons. The van der Waals surface area contributed by atoms with E-state index in [0.717, 1.165) is 13.2 Å². The Kier molecular flexibility index (Phi) is 9.13. The summed E-state index contributed by atoms with van der Waals surface area (Å²) in [5, 5.41) is 2.65. The molecule has 0 aromatic heterocycles. The Bertz CT molecular complexity index is 904. The summed E-state index contributed by atoms with van der Waals surface area (Å²) in [5.41, 5.74) is 0.298. The van der Waals surface area contributed by atoms with Gasteiger partial charge in [0, 0.05) is 26.0 Å². The molecule has 1 aromatic carbocycles. The van der Waals surface area contributed by atoms with E-state index in [0.29, 0.717) is 5.56 Å². The second-order valence-electron chi connectivity index (χ2n) is 7.01. The van der Waals surface area contributed by atoms with Crippen molar-refractivity contribution in [2.75, 3.05) is 19.5 Å². The molecule has 0 unspecified atom stereocenters. The minimum absolute atomic E-state index is 0.145. The van der Waals surface area contributed by atoms with E-state index in [2.05, 4.69) is 5.32 Å². The van der Waals surface area contributed by atoms with Crippen molar-refractivity contribution in [2.45, 2.75) is 51.4 Å². The number of hydrogen-bond acceptors (Lipinski definition) is 10. The molecular formula is C20H27NO10S. The van der Waals surface area contributed by atoms with Gasteiger partial charge in [-0.2, -0.15) is 8.42 Å². The first-order chi connectivity index (χ1) is 15.0. The molecule has 1 aliphatic heterocycles. The second-order valence-corrected chi connectivity index (χ2v) is 8.61. The predicted molar refractivity (Wildman–Crippen MR) is 110 cm³/mol. The van der Waals surface area contributed by atoms with Crippen LogP contribution in [0.25, 0.3) is 0 Å². The van der Waals surface area contributed by atoms with E-state index in [9.17, 15) is 22.8 Å². The molecule has 1 saturated heterocycles. The first-order valence-electron chi connectivity index (χ1n) is 9.83. The number of esters is 2. The SMILES string of the molecule is CCO[C@@H]1O[C@H](COC(C)=O)[C@@H](OC(C)=O)[C@H](OS(C)(=O)=O)[C@H]1NC(=O)c1ccccc1. The molecule has 0 spiro atoms. The maximum Gasteiger partial charge on any atom is 0.303 e. The largest absolute Gasteiger partial charge is 0.463 e. The van der Waals surface area contributed by atoms with Crippen LogP contribution in [0.4, 0.5) is 0 Å². The molecule has 12 heteroatoms. The van der Waals surface area contributed by atoms with Gasteiger partial charge in [-0.1, -0.05) is 18.2 Å². The highest BCUT2D eigenvalue weighted by atomic mass is 32.2. The zero-order valence-electron chi connectivity index (χ0n) is 18.2. The van der Waals surface area contributed by atoms with Crippen molar-refractivity contribution >= 4 is 28.0 Å². The molecule has 11 nitrogen and oxygen atoms in total. The molecule has 1 heterocycles. The van der Waals surface area contributed by atoms with Crippen molar-refractivity contribution in [3.63, 3.8) is 0 Å². The van der Waals surface area contributed by atoms with Gasteiger partial charge in [-0.15, -0.1) is 0 Å². The fourth-order valence-corrected chi connectivity index (χ4v) is 3.80. The summed E-state index contributed by atoms with van der Waals surface area (Å²) in [7, 11) is -4.08. The molecule has 1 aromatic rings. The zero-order valence-corrected chi connectivity index (χ0v) is 19.0. The van der Waals surface area contributed by atoms with Crippen LogP contribution in [-0.2, 0) is 42.8 Å². The van der Waals surface area contributed by atoms with E-state index in [1.807, 2.05) is 0 Å². The van der Waals surface area contributed by atoms with Gasteiger partial charge in [-0.05, 0) is 19.1 Å². The van der Waals surface area contributed by atoms with Gasteiger partial charge in [0.15, 0.2) is 12.4 Å². The lowest BCUT2D eigenvalue weighted by molar-refractivity contribution is -0.268. The van der Waals surface area contributed by atoms with Gasteiger partial charge in [0.2, 0.25) is 0 Å². The topological polar surface area (TPSA) is 144 Å². The first kappa shape index (κ1) is 25.7. The molecule has 1 N–H and O–H groups in total. The van der Waals surface area contributed by atoms with Crippen LogP contribution in [0.2, 0.25) is 0 Å². The molecular weight excluding hydrogens is 446 g/mol. The van der Waals surface area contributed by atoms with Crippen LogP contribution in [0.1, 0.15) is 31.1 Å². The van der Waals surface area contributed by atoms with Crippen molar-refractivity contribution < 1.29 is 45.9 Å². The number of benzene rings is 1. The summed E-state index contributed by atoms with van der Waals surface area (Å²) in [4.78, 5) is 35.8. The fourth-order valence-electron chi connectivity index (χ4n) is 3.17. The molecule has 1 fully saturated rings. The molecule has 32 heavy (non-hydrogen) atoms. The average molecular weight is 474 g/mol. The third kappa shape index (κ3) is 7.55. The van der Waals surface area contributed by atoms with E-state index in [4.69, 9.17) is 23.1 Å². The maximum atomic E-state index is 12.8. The van der Waals surface area contributed by atoms with E-state index < -0.39 is 58.6 Å². The number of ether oxygens (including phenoxy) is 4. The Balaban J connectivity index is 2.45. The number of amides is 1. The van der Waals surface area contributed by atoms with Gasteiger partial charge in [0.1, 0.15) is 24.9 Å². The number of rotatable bonds is 9. The third-order valence-electron chi connectivity index (χ3n) is 4.35. The van der Waals surface area contributed by atoms with Gasteiger partial charge in [0.05, 0.1) is 6.26 Å². The molecule has 1 aliphatic rings. The summed E-state index contributed by atoms with van der Waals surface area (Å²) in [6, 6.07) is 6.99. The summed E-state index contributed by atoms with van der Waals surface area (Å²) >= 11 is 0. The lowest BCUT2D eigenvalue weighted by Gasteiger charge is -2.44. The minimum Gasteiger partial charge on any atom is -0.463 e. The smallest absolute Gasteiger partial charge is 0.303 e. The molecule has 5 atom stereocenters. The number of carbonyl (C=O) groups is 3. The normalized spacial score (nSPS) is 25.6. The highest BCUT2D eigenvalue weighted by Gasteiger charge is 2.51. The Hall–Kier alpha value is -2.54. The van der Waals surface area contributed by atoms with Crippen LogP contribution < -0.4 is 5.32 Å². The Morgan fingerprint density at radius 2 is 1.72 bits per heavy atom. The molecule has 178 valence electrons. The third-order valence-corrected chi connectivity index (χ3v) is 4.92. The standard InChI is InChI=1S/C20H27NO10S/c1-5-27-20-16(21-19(24)14-9-7-6-8-10-14)18(31-32(4,25)26)17(29-13(3)23)15(30-20)11-28-12(2)22/h6-10,15-18,20H,5,11H2,1-4H3,(H,21,24)/t15-,16-,17-,18-,20-/m1/s1. The highest BCUT2D eigenvalue weighted by Crippen LogP contribution is 2.29. The van der Waals surface area contributed by atoms with Crippen LogP contribution in [0.3, 0.4) is 0 Å². The van der Waals surface area contributed by atoms with Crippen molar-refractivity contribution in [2.24, 2.45) is 0 Å². The number of nitrogens with one attached hydrogen (secondary N) is 1. The Morgan fingerprint density at radius 1 is 1.06 bits per heavy atom. The van der Waals surface area contributed by atoms with Crippen LogP contribution in [0.5, 0.6) is 0 Å². The van der Waals surface area contributed by atoms with Crippen LogP contribution in [-0.4, -0.2) is 76.4 Å². The van der Waals surface area contributed by atoms with Crippen molar-refractivity contribution in [1.29, 1.82) is 0 Å². The highest BCUT2D eigenvalue weighted by molar-refractivity contribution is 7.86. The molecule has 2 rings (SSSR count). The van der Waals surface area contributed by atoms with Gasteiger partial charge in [-0.25, -0.2) is 0 Å². The lowest BCUT2D eigenvalue weighted by atomic mass is 9.96. The fraction of sp³-hybridized carbons (Fsp3) is 0.550. The summed E-state index contributed by atoms with van der Waals surface area (Å²) < 4.78 is 51.0. The summed E-state index contributed by atoms with van der Waals surface area (Å²) in [5.74, 6) is -1.93. The van der Waals surface area contributed by atoms with Crippen LogP contribution in [0, 0.1) is 0 Å². The molecule has 0 saturated carbocycles. The maximum absolute atomic E-state index is 12.8. The monoisotopic (exact) mass is 473 g/mol.